The zero-order valence-electron chi connectivity index (χ0n) is 11.3. The summed E-state index contributed by atoms with van der Waals surface area (Å²) in [6.45, 7) is 2.13. The van der Waals surface area contributed by atoms with E-state index in [4.69, 9.17) is 11.6 Å². The van der Waals surface area contributed by atoms with E-state index in [9.17, 15) is 18.3 Å². The minimum absolute atomic E-state index is 0.00824. The van der Waals surface area contributed by atoms with Crippen LogP contribution in [0.15, 0.2) is 14.1 Å². The number of carboxylic acid groups (broad SMARTS) is 1. The first-order valence-corrected chi connectivity index (χ1v) is 9.84. The summed E-state index contributed by atoms with van der Waals surface area (Å²) in [5, 5.41) is 9.79. The lowest BCUT2D eigenvalue weighted by Crippen LogP contribution is -2.49. The Balaban J connectivity index is 2.34. The maximum Gasteiger partial charge on any atom is 0.310 e. The van der Waals surface area contributed by atoms with Gasteiger partial charge in [0.25, 0.3) is 10.0 Å². The van der Waals surface area contributed by atoms with Crippen LogP contribution < -0.4 is 0 Å². The molecule has 0 amide bonds. The van der Waals surface area contributed by atoms with E-state index >= 15 is 0 Å². The lowest BCUT2D eigenvalue weighted by molar-refractivity contribution is -0.151. The Morgan fingerprint density at radius 3 is 2.76 bits per heavy atom. The molecule has 2 rings (SSSR count). The number of halogens is 2. The molecule has 1 aliphatic rings. The minimum Gasteiger partial charge on any atom is -0.481 e. The topological polar surface area (TPSA) is 74.7 Å². The van der Waals surface area contributed by atoms with Crippen molar-refractivity contribution in [3.63, 3.8) is 0 Å². The average Bonchev–Trinajstić information content (AvgIpc) is 2.79. The molecular formula is C12H15BrClNO4S2. The van der Waals surface area contributed by atoms with Crippen molar-refractivity contribution in [1.29, 1.82) is 0 Å². The van der Waals surface area contributed by atoms with Crippen molar-refractivity contribution in [2.24, 2.45) is 5.41 Å². The highest BCUT2D eigenvalue weighted by molar-refractivity contribution is 9.11. The second-order valence-corrected chi connectivity index (χ2v) is 10.0. The lowest BCUT2D eigenvalue weighted by atomic mass is 9.78. The van der Waals surface area contributed by atoms with E-state index in [-0.39, 0.29) is 10.8 Å². The highest BCUT2D eigenvalue weighted by atomic mass is 79.9. The third-order valence-corrected chi connectivity index (χ3v) is 8.66. The van der Waals surface area contributed by atoms with Crippen molar-refractivity contribution in [3.8, 4) is 0 Å². The molecule has 1 aromatic heterocycles. The molecule has 0 bridgehead atoms. The molecule has 1 N–H and O–H groups in total. The first-order chi connectivity index (χ1) is 9.73. The summed E-state index contributed by atoms with van der Waals surface area (Å²) in [5.41, 5.74) is -0.996. The maximum atomic E-state index is 12.6. The second kappa shape index (κ2) is 6.16. The van der Waals surface area contributed by atoms with Crippen LogP contribution in [0.1, 0.15) is 26.2 Å². The normalized spacial score (nSPS) is 24.1. The number of rotatable bonds is 4. The SMILES string of the molecule is CCC1(C(=O)O)CCCN(S(=O)(=O)c2cc(Cl)c(Br)s2)C1. The van der Waals surface area contributed by atoms with Crippen LogP contribution in [0.25, 0.3) is 0 Å². The zero-order chi connectivity index (χ0) is 15.8. The van der Waals surface area contributed by atoms with E-state index in [0.717, 1.165) is 11.3 Å². The van der Waals surface area contributed by atoms with Crippen molar-refractivity contribution in [3.05, 3.63) is 14.9 Å². The highest BCUT2D eigenvalue weighted by Gasteiger charge is 2.44. The number of nitrogens with zero attached hydrogens (tertiary/aromatic N) is 1. The van der Waals surface area contributed by atoms with Crippen LogP contribution in [0.3, 0.4) is 0 Å². The van der Waals surface area contributed by atoms with Gasteiger partial charge in [-0.2, -0.15) is 4.31 Å². The van der Waals surface area contributed by atoms with Gasteiger partial charge in [-0.25, -0.2) is 8.42 Å². The van der Waals surface area contributed by atoms with Crippen LogP contribution in [-0.2, 0) is 14.8 Å². The van der Waals surface area contributed by atoms with Gasteiger partial charge in [-0.1, -0.05) is 18.5 Å². The molecule has 2 heterocycles. The first-order valence-electron chi connectivity index (χ1n) is 6.41. The summed E-state index contributed by atoms with van der Waals surface area (Å²) >= 11 is 10.1. The van der Waals surface area contributed by atoms with Gasteiger partial charge in [-0.05, 0) is 41.3 Å². The van der Waals surface area contributed by atoms with E-state index in [1.54, 1.807) is 6.92 Å². The number of carbonyl (C=O) groups is 1. The smallest absolute Gasteiger partial charge is 0.310 e. The number of sulfonamides is 1. The first kappa shape index (κ1) is 17.2. The molecule has 9 heteroatoms. The molecule has 1 aliphatic heterocycles. The molecule has 0 radical (unpaired) electrons. The van der Waals surface area contributed by atoms with Crippen molar-refractivity contribution < 1.29 is 18.3 Å². The molecule has 0 saturated carbocycles. The number of aliphatic carboxylic acids is 1. The summed E-state index contributed by atoms with van der Waals surface area (Å²) in [5.74, 6) is -0.935. The fourth-order valence-corrected chi connectivity index (χ4v) is 6.61. The third-order valence-electron chi connectivity index (χ3n) is 3.89. The summed E-state index contributed by atoms with van der Waals surface area (Å²) in [6.07, 6.45) is 1.45. The highest BCUT2D eigenvalue weighted by Crippen LogP contribution is 2.39. The summed E-state index contributed by atoms with van der Waals surface area (Å²) < 4.78 is 27.2. The number of thiophene rings is 1. The van der Waals surface area contributed by atoms with Gasteiger partial charge in [-0.3, -0.25) is 4.79 Å². The predicted octanol–water partition coefficient (Wildman–Crippen LogP) is 3.43. The van der Waals surface area contributed by atoms with Gasteiger partial charge >= 0.3 is 5.97 Å². The molecule has 1 unspecified atom stereocenters. The number of hydrogen-bond donors (Lipinski definition) is 1. The summed E-state index contributed by atoms with van der Waals surface area (Å²) in [7, 11) is -3.70. The molecule has 0 aromatic carbocycles. The van der Waals surface area contributed by atoms with Crippen LogP contribution in [0.5, 0.6) is 0 Å². The van der Waals surface area contributed by atoms with Crippen LogP contribution in [0.2, 0.25) is 5.02 Å². The van der Waals surface area contributed by atoms with Gasteiger partial charge in [0.15, 0.2) is 0 Å². The lowest BCUT2D eigenvalue weighted by Gasteiger charge is -2.38. The van der Waals surface area contributed by atoms with E-state index in [1.807, 2.05) is 0 Å². The number of hydrogen-bond acceptors (Lipinski definition) is 4. The molecule has 1 atom stereocenters. The van der Waals surface area contributed by atoms with Crippen LogP contribution in [0.4, 0.5) is 0 Å². The van der Waals surface area contributed by atoms with Crippen molar-refractivity contribution in [2.45, 2.75) is 30.4 Å². The van der Waals surface area contributed by atoms with Gasteiger partial charge in [-0.15, -0.1) is 11.3 Å². The van der Waals surface area contributed by atoms with Crippen molar-refractivity contribution in [2.75, 3.05) is 13.1 Å². The van der Waals surface area contributed by atoms with Crippen LogP contribution in [0, 0.1) is 5.41 Å². The molecule has 5 nitrogen and oxygen atoms in total. The van der Waals surface area contributed by atoms with E-state index in [0.29, 0.717) is 34.6 Å². The van der Waals surface area contributed by atoms with Gasteiger partial charge in [0.2, 0.25) is 0 Å². The standard InChI is InChI=1S/C12H15BrClNO4S2/c1-2-12(11(16)17)4-3-5-15(7-12)21(18,19)9-6-8(14)10(13)20-9/h6H,2-5,7H2,1H3,(H,16,17). The van der Waals surface area contributed by atoms with Crippen molar-refractivity contribution in [1.82, 2.24) is 4.31 Å². The predicted molar refractivity (Wildman–Crippen MR) is 85.4 cm³/mol. The Bertz CT molecular complexity index is 641. The van der Waals surface area contributed by atoms with Gasteiger partial charge < -0.3 is 5.11 Å². The number of carboxylic acids is 1. The Kier molecular flexibility index (Phi) is 5.04. The zero-order valence-corrected chi connectivity index (χ0v) is 15.3. The van der Waals surface area contributed by atoms with Gasteiger partial charge in [0, 0.05) is 13.1 Å². The molecule has 0 spiro atoms. The molecule has 1 saturated heterocycles. The Hall–Kier alpha value is -0.150. The van der Waals surface area contributed by atoms with Gasteiger partial charge in [0.1, 0.15) is 4.21 Å². The second-order valence-electron chi connectivity index (χ2n) is 5.07. The maximum absolute atomic E-state index is 12.6. The average molecular weight is 417 g/mol. The van der Waals surface area contributed by atoms with E-state index < -0.39 is 21.4 Å². The number of piperidine rings is 1. The third kappa shape index (κ3) is 3.14. The van der Waals surface area contributed by atoms with E-state index in [2.05, 4.69) is 15.9 Å². The van der Waals surface area contributed by atoms with E-state index in [1.165, 1.54) is 10.4 Å². The van der Waals surface area contributed by atoms with Crippen molar-refractivity contribution >= 4 is 54.9 Å². The quantitative estimate of drug-likeness (QED) is 0.816. The molecule has 118 valence electrons. The monoisotopic (exact) mass is 415 g/mol. The minimum atomic E-state index is -3.70. The fourth-order valence-electron chi connectivity index (χ4n) is 2.49. The summed E-state index contributed by atoms with van der Waals surface area (Å²) in [4.78, 5) is 11.5. The molecule has 1 fully saturated rings. The Morgan fingerprint density at radius 2 is 2.29 bits per heavy atom. The van der Waals surface area contributed by atoms with Crippen LogP contribution >= 0.6 is 38.9 Å². The Morgan fingerprint density at radius 1 is 1.62 bits per heavy atom. The van der Waals surface area contributed by atoms with Gasteiger partial charge in [0.05, 0.1) is 14.2 Å². The summed E-state index contributed by atoms with van der Waals surface area (Å²) in [6, 6.07) is 1.40. The Labute approximate surface area is 141 Å². The molecule has 21 heavy (non-hydrogen) atoms. The molecule has 1 aromatic rings. The molecule has 0 aliphatic carbocycles. The molecular weight excluding hydrogens is 402 g/mol. The largest absolute Gasteiger partial charge is 0.481 e. The fraction of sp³-hybridized carbons (Fsp3) is 0.583. The van der Waals surface area contributed by atoms with Crippen LogP contribution in [-0.4, -0.2) is 36.9 Å².